The molecule has 0 saturated heterocycles. The van der Waals surface area contributed by atoms with Gasteiger partial charge in [-0.05, 0) is 18.9 Å². The Labute approximate surface area is 83.3 Å². The SMILES string of the molecule is NC(CNC1CC1)c1ccccc1F. The van der Waals surface area contributed by atoms with E-state index >= 15 is 0 Å². The average molecular weight is 194 g/mol. The molecule has 2 rings (SSSR count). The summed E-state index contributed by atoms with van der Waals surface area (Å²) in [5.74, 6) is -0.211. The summed E-state index contributed by atoms with van der Waals surface area (Å²) in [5, 5.41) is 3.29. The van der Waals surface area contributed by atoms with Crippen molar-refractivity contribution in [3.05, 3.63) is 35.6 Å². The standard InChI is InChI=1S/C11H15FN2/c12-10-4-2-1-3-9(10)11(13)7-14-8-5-6-8/h1-4,8,11,14H,5-7,13H2. The second-order valence-electron chi connectivity index (χ2n) is 3.81. The van der Waals surface area contributed by atoms with Crippen molar-refractivity contribution in [2.24, 2.45) is 5.73 Å². The fraction of sp³-hybridized carbons (Fsp3) is 0.455. The van der Waals surface area contributed by atoms with Gasteiger partial charge >= 0.3 is 0 Å². The number of benzene rings is 1. The van der Waals surface area contributed by atoms with Gasteiger partial charge in [-0.25, -0.2) is 4.39 Å². The van der Waals surface area contributed by atoms with Gasteiger partial charge in [-0.2, -0.15) is 0 Å². The van der Waals surface area contributed by atoms with Gasteiger partial charge in [0.05, 0.1) is 0 Å². The molecule has 1 aliphatic carbocycles. The van der Waals surface area contributed by atoms with Gasteiger partial charge in [0.25, 0.3) is 0 Å². The third-order valence-electron chi connectivity index (χ3n) is 2.51. The smallest absolute Gasteiger partial charge is 0.128 e. The molecular formula is C11H15FN2. The molecule has 3 heteroatoms. The van der Waals surface area contributed by atoms with Gasteiger partial charge in [0.2, 0.25) is 0 Å². The van der Waals surface area contributed by atoms with Gasteiger partial charge in [0, 0.05) is 24.2 Å². The van der Waals surface area contributed by atoms with Crippen LogP contribution in [0.3, 0.4) is 0 Å². The van der Waals surface area contributed by atoms with Crippen molar-refractivity contribution in [2.75, 3.05) is 6.54 Å². The number of halogens is 1. The highest BCUT2D eigenvalue weighted by molar-refractivity contribution is 5.21. The Balaban J connectivity index is 1.95. The van der Waals surface area contributed by atoms with Crippen molar-refractivity contribution < 1.29 is 4.39 Å². The third-order valence-corrected chi connectivity index (χ3v) is 2.51. The summed E-state index contributed by atoms with van der Waals surface area (Å²) < 4.78 is 13.3. The van der Waals surface area contributed by atoms with E-state index in [9.17, 15) is 4.39 Å². The van der Waals surface area contributed by atoms with Crippen LogP contribution >= 0.6 is 0 Å². The van der Waals surface area contributed by atoms with Crippen molar-refractivity contribution in [3.8, 4) is 0 Å². The molecule has 1 saturated carbocycles. The van der Waals surface area contributed by atoms with E-state index in [2.05, 4.69) is 5.32 Å². The predicted octanol–water partition coefficient (Wildman–Crippen LogP) is 1.58. The lowest BCUT2D eigenvalue weighted by Gasteiger charge is -2.13. The van der Waals surface area contributed by atoms with Crippen LogP contribution in [0.25, 0.3) is 0 Å². The fourth-order valence-electron chi connectivity index (χ4n) is 1.47. The molecule has 0 aliphatic heterocycles. The number of nitrogens with one attached hydrogen (secondary N) is 1. The van der Waals surface area contributed by atoms with E-state index in [1.54, 1.807) is 12.1 Å². The third kappa shape index (κ3) is 2.30. The van der Waals surface area contributed by atoms with Gasteiger partial charge in [-0.1, -0.05) is 18.2 Å². The van der Waals surface area contributed by atoms with E-state index in [-0.39, 0.29) is 11.9 Å². The lowest BCUT2D eigenvalue weighted by atomic mass is 10.1. The van der Waals surface area contributed by atoms with Gasteiger partial charge in [-0.15, -0.1) is 0 Å². The summed E-state index contributed by atoms with van der Waals surface area (Å²) in [6.45, 7) is 0.658. The maximum atomic E-state index is 13.3. The molecule has 1 atom stereocenters. The largest absolute Gasteiger partial charge is 0.323 e. The zero-order chi connectivity index (χ0) is 9.97. The van der Waals surface area contributed by atoms with E-state index < -0.39 is 0 Å². The van der Waals surface area contributed by atoms with Crippen LogP contribution in [0.1, 0.15) is 24.4 Å². The van der Waals surface area contributed by atoms with Crippen LogP contribution in [0.15, 0.2) is 24.3 Å². The summed E-state index contributed by atoms with van der Waals surface area (Å²) in [4.78, 5) is 0. The highest BCUT2D eigenvalue weighted by atomic mass is 19.1. The zero-order valence-electron chi connectivity index (χ0n) is 8.04. The van der Waals surface area contributed by atoms with Crippen molar-refractivity contribution in [1.82, 2.24) is 5.32 Å². The first kappa shape index (κ1) is 9.62. The van der Waals surface area contributed by atoms with Gasteiger partial charge in [0.1, 0.15) is 5.82 Å². The molecular weight excluding hydrogens is 179 g/mol. The molecule has 2 nitrogen and oxygen atoms in total. The summed E-state index contributed by atoms with van der Waals surface area (Å²) in [6.07, 6.45) is 2.45. The summed E-state index contributed by atoms with van der Waals surface area (Å²) >= 11 is 0. The first-order valence-corrected chi connectivity index (χ1v) is 5.01. The Kier molecular flexibility index (Phi) is 2.79. The zero-order valence-corrected chi connectivity index (χ0v) is 8.04. The normalized spacial score (nSPS) is 18.1. The molecule has 1 aromatic carbocycles. The average Bonchev–Trinajstić information content (AvgIpc) is 2.98. The van der Waals surface area contributed by atoms with Crippen LogP contribution in [0.2, 0.25) is 0 Å². The monoisotopic (exact) mass is 194 g/mol. The molecule has 1 aromatic rings. The minimum absolute atomic E-state index is 0.211. The molecule has 0 aromatic heterocycles. The molecule has 0 spiro atoms. The van der Waals surface area contributed by atoms with Crippen LogP contribution in [0.5, 0.6) is 0 Å². The van der Waals surface area contributed by atoms with E-state index in [0.717, 1.165) is 0 Å². The number of hydrogen-bond donors (Lipinski definition) is 2. The van der Waals surface area contributed by atoms with E-state index in [0.29, 0.717) is 18.2 Å². The van der Waals surface area contributed by atoms with Crippen molar-refractivity contribution in [2.45, 2.75) is 24.9 Å². The van der Waals surface area contributed by atoms with Crippen LogP contribution in [-0.2, 0) is 0 Å². The maximum absolute atomic E-state index is 13.3. The molecule has 76 valence electrons. The summed E-state index contributed by atoms with van der Waals surface area (Å²) in [6, 6.07) is 7.07. The quantitative estimate of drug-likeness (QED) is 0.763. The van der Waals surface area contributed by atoms with E-state index in [4.69, 9.17) is 5.73 Å². The van der Waals surface area contributed by atoms with Crippen LogP contribution in [0.4, 0.5) is 4.39 Å². The molecule has 1 fully saturated rings. The van der Waals surface area contributed by atoms with Gasteiger partial charge in [-0.3, -0.25) is 0 Å². The molecule has 1 aliphatic rings. The summed E-state index contributed by atoms with van der Waals surface area (Å²) in [7, 11) is 0. The lowest BCUT2D eigenvalue weighted by molar-refractivity contribution is 0.548. The Bertz CT molecular complexity index is 310. The Hall–Kier alpha value is -0.930. The highest BCUT2D eigenvalue weighted by Gasteiger charge is 2.21. The van der Waals surface area contributed by atoms with E-state index in [1.807, 2.05) is 6.07 Å². The predicted molar refractivity (Wildman–Crippen MR) is 54.4 cm³/mol. The van der Waals surface area contributed by atoms with E-state index in [1.165, 1.54) is 18.9 Å². The Morgan fingerprint density at radius 3 is 2.79 bits per heavy atom. The Morgan fingerprint density at radius 1 is 1.43 bits per heavy atom. The minimum atomic E-state index is -0.239. The van der Waals surface area contributed by atoms with Gasteiger partial charge < -0.3 is 11.1 Å². The molecule has 0 amide bonds. The topological polar surface area (TPSA) is 38.0 Å². The lowest BCUT2D eigenvalue weighted by Crippen LogP contribution is -2.28. The second kappa shape index (κ2) is 4.07. The van der Waals surface area contributed by atoms with Crippen molar-refractivity contribution in [1.29, 1.82) is 0 Å². The van der Waals surface area contributed by atoms with Gasteiger partial charge in [0.15, 0.2) is 0 Å². The molecule has 0 bridgehead atoms. The molecule has 14 heavy (non-hydrogen) atoms. The first-order valence-electron chi connectivity index (χ1n) is 5.01. The number of nitrogens with two attached hydrogens (primary N) is 1. The minimum Gasteiger partial charge on any atom is -0.323 e. The van der Waals surface area contributed by atoms with Crippen LogP contribution < -0.4 is 11.1 Å². The number of rotatable bonds is 4. The van der Waals surface area contributed by atoms with Crippen LogP contribution in [-0.4, -0.2) is 12.6 Å². The Morgan fingerprint density at radius 2 is 2.14 bits per heavy atom. The van der Waals surface area contributed by atoms with Crippen molar-refractivity contribution in [3.63, 3.8) is 0 Å². The molecule has 1 unspecified atom stereocenters. The summed E-state index contributed by atoms with van der Waals surface area (Å²) in [5.41, 5.74) is 6.47. The molecule has 0 radical (unpaired) electrons. The first-order chi connectivity index (χ1) is 6.77. The maximum Gasteiger partial charge on any atom is 0.128 e. The van der Waals surface area contributed by atoms with Crippen molar-refractivity contribution >= 4 is 0 Å². The molecule has 3 N–H and O–H groups in total. The fourth-order valence-corrected chi connectivity index (χ4v) is 1.47. The molecule has 0 heterocycles. The second-order valence-corrected chi connectivity index (χ2v) is 3.81. The highest BCUT2D eigenvalue weighted by Crippen LogP contribution is 2.20. The number of hydrogen-bond acceptors (Lipinski definition) is 2. The van der Waals surface area contributed by atoms with Crippen LogP contribution in [0, 0.1) is 5.82 Å².